The van der Waals surface area contributed by atoms with E-state index in [1.54, 1.807) is 7.11 Å². The first-order chi connectivity index (χ1) is 9.19. The van der Waals surface area contributed by atoms with Crippen molar-refractivity contribution in [2.75, 3.05) is 51.0 Å². The number of methoxy groups -OCH3 is 1. The molecule has 1 unspecified atom stereocenters. The highest BCUT2D eigenvalue weighted by molar-refractivity contribution is 5.61. The Bertz CT molecular complexity index is 406. The first-order valence-electron chi connectivity index (χ1n) is 6.69. The lowest BCUT2D eigenvalue weighted by Crippen LogP contribution is -2.42. The summed E-state index contributed by atoms with van der Waals surface area (Å²) in [4.78, 5) is 2.41. The predicted molar refractivity (Wildman–Crippen MR) is 77.8 cm³/mol. The van der Waals surface area contributed by atoms with Crippen LogP contribution in [0, 0.1) is 0 Å². The van der Waals surface area contributed by atoms with Crippen LogP contribution < -0.4 is 15.8 Å². The van der Waals surface area contributed by atoms with Crippen LogP contribution in [0.15, 0.2) is 18.2 Å². The van der Waals surface area contributed by atoms with Crippen molar-refractivity contribution in [3.8, 4) is 5.75 Å². The molecule has 1 aliphatic heterocycles. The molecular formula is C14H23N3O2. The number of nitrogens with one attached hydrogen (secondary N) is 1. The second kappa shape index (κ2) is 6.63. The highest BCUT2D eigenvalue weighted by atomic mass is 16.5. The number of morpholine rings is 1. The van der Waals surface area contributed by atoms with Gasteiger partial charge in [-0.2, -0.15) is 0 Å². The van der Waals surface area contributed by atoms with E-state index in [1.807, 2.05) is 18.2 Å². The third kappa shape index (κ3) is 4.01. The Balaban J connectivity index is 1.88. The van der Waals surface area contributed by atoms with Crippen molar-refractivity contribution in [2.24, 2.45) is 0 Å². The number of nitrogens with two attached hydrogens (primary N) is 1. The molecule has 0 spiro atoms. The van der Waals surface area contributed by atoms with E-state index >= 15 is 0 Å². The fourth-order valence-corrected chi connectivity index (χ4v) is 2.30. The second-order valence-electron chi connectivity index (χ2n) is 4.92. The topological polar surface area (TPSA) is 59.8 Å². The summed E-state index contributed by atoms with van der Waals surface area (Å²) in [6.07, 6.45) is 0. The molecule has 0 aromatic heterocycles. The van der Waals surface area contributed by atoms with Gasteiger partial charge in [0.15, 0.2) is 0 Å². The molecule has 5 heteroatoms. The van der Waals surface area contributed by atoms with Gasteiger partial charge < -0.3 is 20.5 Å². The largest absolute Gasteiger partial charge is 0.495 e. The lowest BCUT2D eigenvalue weighted by atomic mass is 10.2. The number of hydrogen-bond acceptors (Lipinski definition) is 5. The van der Waals surface area contributed by atoms with E-state index in [4.69, 9.17) is 15.2 Å². The van der Waals surface area contributed by atoms with Crippen LogP contribution in [0.4, 0.5) is 11.4 Å². The number of anilines is 2. The van der Waals surface area contributed by atoms with Crippen molar-refractivity contribution in [2.45, 2.75) is 13.0 Å². The van der Waals surface area contributed by atoms with E-state index in [0.29, 0.717) is 17.5 Å². The molecule has 1 aromatic carbocycles. The molecule has 0 amide bonds. The molecule has 1 aromatic rings. The minimum absolute atomic E-state index is 0.367. The molecule has 1 saturated heterocycles. The molecule has 0 aliphatic carbocycles. The Morgan fingerprint density at radius 2 is 2.16 bits per heavy atom. The fraction of sp³-hybridized carbons (Fsp3) is 0.571. The van der Waals surface area contributed by atoms with Gasteiger partial charge in [0.1, 0.15) is 5.75 Å². The minimum atomic E-state index is 0.367. The first kappa shape index (κ1) is 14.0. The molecule has 1 aliphatic rings. The van der Waals surface area contributed by atoms with Crippen LogP contribution in [0.5, 0.6) is 5.75 Å². The summed E-state index contributed by atoms with van der Waals surface area (Å²) >= 11 is 0. The van der Waals surface area contributed by atoms with Gasteiger partial charge in [-0.05, 0) is 19.1 Å². The van der Waals surface area contributed by atoms with Gasteiger partial charge in [-0.15, -0.1) is 0 Å². The molecule has 1 atom stereocenters. The van der Waals surface area contributed by atoms with Crippen LogP contribution in [0.3, 0.4) is 0 Å². The molecule has 1 fully saturated rings. The number of ether oxygens (including phenoxy) is 2. The fourth-order valence-electron chi connectivity index (χ4n) is 2.30. The maximum Gasteiger partial charge on any atom is 0.143 e. The number of benzene rings is 1. The Labute approximate surface area is 114 Å². The van der Waals surface area contributed by atoms with Crippen LogP contribution in [0.25, 0.3) is 0 Å². The molecule has 0 radical (unpaired) electrons. The maximum atomic E-state index is 5.81. The minimum Gasteiger partial charge on any atom is -0.495 e. The van der Waals surface area contributed by atoms with Crippen molar-refractivity contribution in [3.05, 3.63) is 18.2 Å². The molecule has 3 N–H and O–H groups in total. The second-order valence-corrected chi connectivity index (χ2v) is 4.92. The van der Waals surface area contributed by atoms with Crippen LogP contribution in [-0.4, -0.2) is 50.9 Å². The smallest absolute Gasteiger partial charge is 0.143 e. The summed E-state index contributed by atoms with van der Waals surface area (Å²) in [6, 6.07) is 6.15. The van der Waals surface area contributed by atoms with Gasteiger partial charge in [0.25, 0.3) is 0 Å². The summed E-state index contributed by atoms with van der Waals surface area (Å²) in [6.45, 7) is 6.88. The van der Waals surface area contributed by atoms with Crippen molar-refractivity contribution >= 4 is 11.4 Å². The van der Waals surface area contributed by atoms with Gasteiger partial charge in [-0.3, -0.25) is 4.90 Å². The predicted octanol–water partition coefficient (Wildman–Crippen LogP) is 1.41. The van der Waals surface area contributed by atoms with Gasteiger partial charge in [0.05, 0.1) is 26.0 Å². The summed E-state index contributed by atoms with van der Waals surface area (Å²) < 4.78 is 10.6. The maximum absolute atomic E-state index is 5.81. The Hall–Kier alpha value is -1.46. The van der Waals surface area contributed by atoms with Crippen LogP contribution >= 0.6 is 0 Å². The van der Waals surface area contributed by atoms with E-state index < -0.39 is 0 Å². The average molecular weight is 265 g/mol. The summed E-state index contributed by atoms with van der Waals surface area (Å²) in [5, 5.41) is 3.47. The zero-order chi connectivity index (χ0) is 13.7. The highest BCUT2D eigenvalue weighted by Gasteiger charge is 2.13. The third-order valence-corrected chi connectivity index (χ3v) is 3.28. The van der Waals surface area contributed by atoms with E-state index in [2.05, 4.69) is 17.1 Å². The van der Waals surface area contributed by atoms with E-state index in [0.717, 1.165) is 38.5 Å². The first-order valence-corrected chi connectivity index (χ1v) is 6.69. The Kier molecular flexibility index (Phi) is 4.87. The van der Waals surface area contributed by atoms with Gasteiger partial charge in [-0.1, -0.05) is 0 Å². The Morgan fingerprint density at radius 1 is 1.42 bits per heavy atom. The normalized spacial score (nSPS) is 18.0. The Morgan fingerprint density at radius 3 is 2.84 bits per heavy atom. The quantitative estimate of drug-likeness (QED) is 0.788. The zero-order valence-electron chi connectivity index (χ0n) is 11.7. The van der Waals surface area contributed by atoms with Crippen LogP contribution in [0.2, 0.25) is 0 Å². The highest BCUT2D eigenvalue weighted by Crippen LogP contribution is 2.25. The van der Waals surface area contributed by atoms with E-state index in [1.165, 1.54) is 0 Å². The van der Waals surface area contributed by atoms with Crippen molar-refractivity contribution in [3.63, 3.8) is 0 Å². The monoisotopic (exact) mass is 265 g/mol. The number of nitrogens with zero attached hydrogens (tertiary/aromatic N) is 1. The molecular weight excluding hydrogens is 242 g/mol. The van der Waals surface area contributed by atoms with Crippen LogP contribution in [0.1, 0.15) is 6.92 Å². The van der Waals surface area contributed by atoms with E-state index in [-0.39, 0.29) is 0 Å². The molecule has 0 bridgehead atoms. The lowest BCUT2D eigenvalue weighted by Gasteiger charge is -2.29. The average Bonchev–Trinajstić information content (AvgIpc) is 2.42. The number of hydrogen-bond donors (Lipinski definition) is 2. The summed E-state index contributed by atoms with van der Waals surface area (Å²) in [7, 11) is 1.63. The van der Waals surface area contributed by atoms with Gasteiger partial charge in [-0.25, -0.2) is 0 Å². The summed E-state index contributed by atoms with van der Waals surface area (Å²) in [5.41, 5.74) is 7.50. The lowest BCUT2D eigenvalue weighted by molar-refractivity contribution is 0.0368. The molecule has 2 rings (SSSR count). The molecule has 19 heavy (non-hydrogen) atoms. The molecule has 5 nitrogen and oxygen atoms in total. The van der Waals surface area contributed by atoms with Crippen molar-refractivity contribution in [1.82, 2.24) is 4.90 Å². The third-order valence-electron chi connectivity index (χ3n) is 3.28. The van der Waals surface area contributed by atoms with Gasteiger partial charge in [0.2, 0.25) is 0 Å². The number of nitrogen functional groups attached to an aromatic ring is 1. The van der Waals surface area contributed by atoms with Gasteiger partial charge in [0, 0.05) is 37.4 Å². The zero-order valence-corrected chi connectivity index (χ0v) is 11.7. The van der Waals surface area contributed by atoms with Crippen molar-refractivity contribution < 1.29 is 9.47 Å². The summed E-state index contributed by atoms with van der Waals surface area (Å²) in [5.74, 6) is 0.712. The number of rotatable bonds is 5. The van der Waals surface area contributed by atoms with Crippen LogP contribution in [-0.2, 0) is 4.74 Å². The van der Waals surface area contributed by atoms with E-state index in [9.17, 15) is 0 Å². The molecule has 106 valence electrons. The SMILES string of the molecule is COc1cc(NC(C)CN2CCOCC2)ccc1N. The van der Waals surface area contributed by atoms with Crippen molar-refractivity contribution in [1.29, 1.82) is 0 Å². The standard InChI is InChI=1S/C14H23N3O2/c1-11(10-17-5-7-19-8-6-17)16-12-3-4-13(15)14(9-12)18-2/h3-4,9,11,16H,5-8,10,15H2,1-2H3. The molecule has 1 heterocycles. The molecule has 0 saturated carbocycles. The van der Waals surface area contributed by atoms with Gasteiger partial charge >= 0.3 is 0 Å².